The van der Waals surface area contributed by atoms with Crippen LogP contribution in [0, 0.1) is 0 Å². The lowest BCUT2D eigenvalue weighted by molar-refractivity contribution is -0.359. The number of allylic oxidation sites excluding steroid dienone is 7. The first-order valence-corrected chi connectivity index (χ1v) is 37.9. The molecule has 0 bridgehead atoms. The Kier molecular flexibility index (Phi) is 56.6. The zero-order chi connectivity index (χ0) is 65.2. The molecule has 2 aliphatic rings. The van der Waals surface area contributed by atoms with E-state index in [2.05, 4.69) is 55.6 Å². The highest BCUT2D eigenvalue weighted by molar-refractivity contribution is 5.76. The van der Waals surface area contributed by atoms with E-state index in [1.165, 1.54) is 263 Å². The molecule has 14 heteroatoms. The van der Waals surface area contributed by atoms with Crippen molar-refractivity contribution in [3.05, 3.63) is 48.6 Å². The molecule has 1 amide bonds. The van der Waals surface area contributed by atoms with Gasteiger partial charge in [0.15, 0.2) is 12.6 Å². The van der Waals surface area contributed by atoms with Gasteiger partial charge in [0.25, 0.3) is 0 Å². The first-order chi connectivity index (χ1) is 44.1. The van der Waals surface area contributed by atoms with E-state index < -0.39 is 86.8 Å². The summed E-state index contributed by atoms with van der Waals surface area (Å²) in [6.07, 6.45) is 63.4. The number of hydrogen-bond acceptors (Lipinski definition) is 13. The van der Waals surface area contributed by atoms with Gasteiger partial charge in [-0.05, 0) is 64.2 Å². The van der Waals surface area contributed by atoms with Crippen LogP contribution in [0.15, 0.2) is 48.6 Å². The molecule has 0 aromatic rings. The Morgan fingerprint density at radius 3 is 1.16 bits per heavy atom. The number of nitrogens with one attached hydrogen (secondary N) is 1. The van der Waals surface area contributed by atoms with E-state index in [9.17, 15) is 45.6 Å². The summed E-state index contributed by atoms with van der Waals surface area (Å²) < 4.78 is 22.9. The average molecular weight is 1280 g/mol. The Labute approximate surface area is 550 Å². The van der Waals surface area contributed by atoms with Crippen molar-refractivity contribution in [2.75, 3.05) is 19.8 Å². The lowest BCUT2D eigenvalue weighted by Gasteiger charge is -2.46. The van der Waals surface area contributed by atoms with Crippen LogP contribution >= 0.6 is 0 Å². The minimum absolute atomic E-state index is 0.243. The van der Waals surface area contributed by atoms with Crippen molar-refractivity contribution in [1.82, 2.24) is 5.32 Å². The highest BCUT2D eigenvalue weighted by atomic mass is 16.7. The van der Waals surface area contributed by atoms with Gasteiger partial charge in [0.05, 0.1) is 32.0 Å². The standard InChI is InChI=1S/C76H141NO13/c1-3-5-7-9-11-13-15-17-19-21-23-24-25-26-27-28-29-30-31-32-33-34-35-36-37-38-39-40-42-44-46-48-50-52-54-56-58-60-68(81)77-64(65(80)59-57-55-53-51-49-47-45-43-41-22-20-18-16-14-12-10-8-6-4-2)63-87-75-73(86)71(84)74(67(62-79)89-75)90-76-72(85)70(83)69(82)66(61-78)88-76/h15,17,21,23,49,51,57,59,64-67,69-76,78-80,82-86H,3-14,16,18-20,22,24-48,50,52-56,58,60-63H2,1-2H3,(H,77,81)/b17-15-,23-21-,51-49+,59-57+. The van der Waals surface area contributed by atoms with Crippen LogP contribution in [0.4, 0.5) is 0 Å². The molecule has 2 aliphatic heterocycles. The molecule has 2 saturated heterocycles. The van der Waals surface area contributed by atoms with E-state index in [0.29, 0.717) is 12.8 Å². The highest BCUT2D eigenvalue weighted by Crippen LogP contribution is 2.30. The van der Waals surface area contributed by atoms with Gasteiger partial charge >= 0.3 is 0 Å². The molecule has 0 aliphatic carbocycles. The molecule has 0 saturated carbocycles. The first-order valence-electron chi connectivity index (χ1n) is 37.9. The molecule has 528 valence electrons. The summed E-state index contributed by atoms with van der Waals surface area (Å²) in [6.45, 7) is 2.81. The largest absolute Gasteiger partial charge is 0.394 e. The normalized spacial score (nSPS) is 23.1. The summed E-state index contributed by atoms with van der Waals surface area (Å²) in [5, 5.41) is 87.4. The van der Waals surface area contributed by atoms with Crippen LogP contribution in [-0.4, -0.2) is 140 Å². The van der Waals surface area contributed by atoms with E-state index >= 15 is 0 Å². The van der Waals surface area contributed by atoms with Crippen molar-refractivity contribution < 1.29 is 64.6 Å². The third-order valence-electron chi connectivity index (χ3n) is 18.5. The molecule has 12 unspecified atom stereocenters. The van der Waals surface area contributed by atoms with Gasteiger partial charge < -0.3 is 65.1 Å². The molecule has 2 fully saturated rings. The van der Waals surface area contributed by atoms with Gasteiger partial charge in [0.1, 0.15) is 48.8 Å². The molecule has 90 heavy (non-hydrogen) atoms. The monoisotopic (exact) mass is 1280 g/mol. The molecule has 0 aromatic carbocycles. The van der Waals surface area contributed by atoms with E-state index in [1.54, 1.807) is 6.08 Å². The van der Waals surface area contributed by atoms with E-state index in [4.69, 9.17) is 18.9 Å². The molecule has 2 rings (SSSR count). The molecule has 0 aromatic heterocycles. The molecule has 0 radical (unpaired) electrons. The molecule has 9 N–H and O–H groups in total. The van der Waals surface area contributed by atoms with Crippen molar-refractivity contribution in [3.63, 3.8) is 0 Å². The fraction of sp³-hybridized carbons (Fsp3) is 0.882. The van der Waals surface area contributed by atoms with Gasteiger partial charge in [-0.2, -0.15) is 0 Å². The molecular weight excluding hydrogens is 1130 g/mol. The van der Waals surface area contributed by atoms with Crippen molar-refractivity contribution in [1.29, 1.82) is 0 Å². The summed E-state index contributed by atoms with van der Waals surface area (Å²) in [6, 6.07) is -0.931. The summed E-state index contributed by atoms with van der Waals surface area (Å²) >= 11 is 0. The van der Waals surface area contributed by atoms with Gasteiger partial charge in [-0.25, -0.2) is 0 Å². The number of amides is 1. The lowest BCUT2D eigenvalue weighted by atomic mass is 9.97. The number of unbranched alkanes of at least 4 members (excludes halogenated alkanes) is 44. The Morgan fingerprint density at radius 1 is 0.400 bits per heavy atom. The summed E-state index contributed by atoms with van der Waals surface area (Å²) in [4.78, 5) is 13.3. The van der Waals surface area contributed by atoms with Gasteiger partial charge in [-0.3, -0.25) is 4.79 Å². The van der Waals surface area contributed by atoms with Crippen LogP contribution in [-0.2, 0) is 23.7 Å². The summed E-state index contributed by atoms with van der Waals surface area (Å²) in [5.41, 5.74) is 0. The molecule has 12 atom stereocenters. The molecule has 2 heterocycles. The third-order valence-corrected chi connectivity index (χ3v) is 18.5. The molecule has 0 spiro atoms. The van der Waals surface area contributed by atoms with Crippen LogP contribution in [0.3, 0.4) is 0 Å². The van der Waals surface area contributed by atoms with Crippen molar-refractivity contribution in [2.24, 2.45) is 0 Å². The number of ether oxygens (including phenoxy) is 4. The Morgan fingerprint density at radius 2 is 0.744 bits per heavy atom. The maximum atomic E-state index is 13.3. The van der Waals surface area contributed by atoms with Crippen LogP contribution in [0.1, 0.15) is 335 Å². The second-order valence-corrected chi connectivity index (χ2v) is 26.8. The van der Waals surface area contributed by atoms with Crippen LogP contribution in [0.5, 0.6) is 0 Å². The third kappa shape index (κ3) is 43.8. The average Bonchev–Trinajstić information content (AvgIpc) is 1.58. The number of rotatable bonds is 63. The van der Waals surface area contributed by atoms with Crippen molar-refractivity contribution >= 4 is 5.91 Å². The van der Waals surface area contributed by atoms with Crippen molar-refractivity contribution in [3.8, 4) is 0 Å². The Bertz CT molecular complexity index is 1690. The van der Waals surface area contributed by atoms with Gasteiger partial charge in [0, 0.05) is 6.42 Å². The second-order valence-electron chi connectivity index (χ2n) is 26.8. The van der Waals surface area contributed by atoms with Crippen molar-refractivity contribution in [2.45, 2.75) is 408 Å². The number of aliphatic hydroxyl groups excluding tert-OH is 8. The smallest absolute Gasteiger partial charge is 0.220 e. The van der Waals surface area contributed by atoms with E-state index in [-0.39, 0.29) is 18.9 Å². The number of hydrogen-bond donors (Lipinski definition) is 9. The molecular formula is C76H141NO13. The SMILES string of the molecule is CCCCCCC/C=C\C/C=C\CCCCCCCCCCCCCCCCCCCCCCCCCCCC(=O)NC(COC1OC(CO)C(OC2OC(CO)C(O)C(O)C2O)C(O)C1O)C(O)/C=C/CC/C=C/CCCCCCCCCCCCCCC. The predicted molar refractivity (Wildman–Crippen MR) is 369 cm³/mol. The predicted octanol–water partition coefficient (Wildman–Crippen LogP) is 16.2. The minimum Gasteiger partial charge on any atom is -0.394 e. The highest BCUT2D eigenvalue weighted by Gasteiger charge is 2.51. The van der Waals surface area contributed by atoms with Crippen LogP contribution in [0.2, 0.25) is 0 Å². The minimum atomic E-state index is -1.79. The van der Waals surface area contributed by atoms with Gasteiger partial charge in [0.2, 0.25) is 5.91 Å². The fourth-order valence-electron chi connectivity index (χ4n) is 12.5. The molecule has 14 nitrogen and oxygen atoms in total. The van der Waals surface area contributed by atoms with Gasteiger partial charge in [-0.15, -0.1) is 0 Å². The number of carbonyl (C=O) groups is 1. The second kappa shape index (κ2) is 60.6. The van der Waals surface area contributed by atoms with E-state index in [1.807, 2.05) is 6.08 Å². The zero-order valence-corrected chi connectivity index (χ0v) is 57.6. The van der Waals surface area contributed by atoms with Gasteiger partial charge in [-0.1, -0.05) is 313 Å². The lowest BCUT2D eigenvalue weighted by Crippen LogP contribution is -2.65. The van der Waals surface area contributed by atoms with E-state index in [0.717, 1.165) is 38.5 Å². The maximum absolute atomic E-state index is 13.3. The Hall–Kier alpha value is -2.05. The van der Waals surface area contributed by atoms with Crippen LogP contribution < -0.4 is 5.32 Å². The zero-order valence-electron chi connectivity index (χ0n) is 57.6. The number of aliphatic hydroxyl groups is 8. The topological polar surface area (TPSA) is 228 Å². The Balaban J connectivity index is 1.60. The van der Waals surface area contributed by atoms with Crippen LogP contribution in [0.25, 0.3) is 0 Å². The maximum Gasteiger partial charge on any atom is 0.220 e. The fourth-order valence-corrected chi connectivity index (χ4v) is 12.5. The first kappa shape index (κ1) is 84.0. The summed E-state index contributed by atoms with van der Waals surface area (Å²) in [5.74, 6) is -0.243. The summed E-state index contributed by atoms with van der Waals surface area (Å²) in [7, 11) is 0. The number of carbonyl (C=O) groups excluding carboxylic acids is 1. The quantitative estimate of drug-likeness (QED) is 0.0204.